The van der Waals surface area contributed by atoms with Gasteiger partial charge in [0, 0.05) is 22.3 Å². The molecule has 4 aromatic rings. The van der Waals surface area contributed by atoms with Crippen LogP contribution >= 0.6 is 11.6 Å². The number of ether oxygens (including phenoxy) is 2. The summed E-state index contributed by atoms with van der Waals surface area (Å²) in [7, 11) is 1.50. The number of rotatable bonds is 6. The number of hydrogen-bond acceptors (Lipinski definition) is 6. The van der Waals surface area contributed by atoms with E-state index in [0.29, 0.717) is 27.6 Å². The first-order valence-corrected chi connectivity index (χ1v) is 11.1. The molecule has 0 heterocycles. The van der Waals surface area contributed by atoms with Crippen molar-refractivity contribution in [2.45, 2.75) is 0 Å². The summed E-state index contributed by atoms with van der Waals surface area (Å²) < 4.78 is 10.7. The third-order valence-corrected chi connectivity index (χ3v) is 5.36. The molecule has 4 aromatic carbocycles. The number of hydrogen-bond donors (Lipinski definition) is 2. The summed E-state index contributed by atoms with van der Waals surface area (Å²) in [6, 6.07) is 23.7. The van der Waals surface area contributed by atoms with Crippen molar-refractivity contribution >= 4 is 52.1 Å². The molecule has 0 radical (unpaired) electrons. The number of anilines is 1. The zero-order valence-electron chi connectivity index (χ0n) is 19.0. The number of carbonyl (C=O) groups is 3. The van der Waals surface area contributed by atoms with Gasteiger partial charge in [-0.2, -0.15) is 5.10 Å². The monoisotopic (exact) mass is 501 g/mol. The highest BCUT2D eigenvalue weighted by molar-refractivity contribution is 6.39. The molecular weight excluding hydrogens is 482 g/mol. The van der Waals surface area contributed by atoms with E-state index in [1.165, 1.54) is 13.3 Å². The van der Waals surface area contributed by atoms with E-state index in [-0.39, 0.29) is 5.75 Å². The van der Waals surface area contributed by atoms with Gasteiger partial charge in [0.25, 0.3) is 0 Å². The largest absolute Gasteiger partial charge is 0.497 e. The summed E-state index contributed by atoms with van der Waals surface area (Å²) in [6.07, 6.45) is 1.32. The van der Waals surface area contributed by atoms with Gasteiger partial charge in [0.1, 0.15) is 11.5 Å². The van der Waals surface area contributed by atoms with E-state index >= 15 is 0 Å². The number of carbonyl (C=O) groups excluding carboxylic acids is 3. The second-order valence-electron chi connectivity index (χ2n) is 7.48. The van der Waals surface area contributed by atoms with Crippen molar-refractivity contribution in [3.8, 4) is 11.5 Å². The van der Waals surface area contributed by atoms with Crippen molar-refractivity contribution in [2.75, 3.05) is 12.4 Å². The molecule has 0 saturated heterocycles. The van der Waals surface area contributed by atoms with Crippen LogP contribution in [0.1, 0.15) is 15.9 Å². The van der Waals surface area contributed by atoms with Gasteiger partial charge < -0.3 is 14.8 Å². The quantitative estimate of drug-likeness (QED) is 0.130. The van der Waals surface area contributed by atoms with Gasteiger partial charge in [0.05, 0.1) is 18.9 Å². The van der Waals surface area contributed by atoms with E-state index in [9.17, 15) is 14.4 Å². The van der Waals surface area contributed by atoms with Crippen LogP contribution < -0.4 is 20.2 Å². The number of methoxy groups -OCH3 is 1. The maximum absolute atomic E-state index is 12.7. The third-order valence-electron chi connectivity index (χ3n) is 5.11. The van der Waals surface area contributed by atoms with E-state index < -0.39 is 17.8 Å². The van der Waals surface area contributed by atoms with Crippen LogP contribution in [0, 0.1) is 0 Å². The molecule has 0 aliphatic heterocycles. The Kier molecular flexibility index (Phi) is 7.57. The molecule has 0 saturated carbocycles. The van der Waals surface area contributed by atoms with E-state index in [0.717, 1.165) is 10.8 Å². The van der Waals surface area contributed by atoms with Gasteiger partial charge in [0.15, 0.2) is 0 Å². The summed E-state index contributed by atoms with van der Waals surface area (Å²) in [6.45, 7) is 0. The topological polar surface area (TPSA) is 106 Å². The number of amides is 2. The normalized spacial score (nSPS) is 10.7. The molecule has 0 atom stereocenters. The van der Waals surface area contributed by atoms with Gasteiger partial charge in [-0.15, -0.1) is 0 Å². The molecular formula is C27H20ClN3O5. The van der Waals surface area contributed by atoms with Crippen molar-refractivity contribution in [2.24, 2.45) is 5.10 Å². The Hall–Kier alpha value is -4.69. The van der Waals surface area contributed by atoms with Gasteiger partial charge in [0.2, 0.25) is 0 Å². The van der Waals surface area contributed by atoms with Crippen LogP contribution in [-0.4, -0.2) is 31.1 Å². The van der Waals surface area contributed by atoms with Gasteiger partial charge in [-0.3, -0.25) is 9.59 Å². The molecule has 0 bridgehead atoms. The minimum absolute atomic E-state index is 0.229. The van der Waals surface area contributed by atoms with Crippen molar-refractivity contribution in [3.63, 3.8) is 0 Å². The Bertz CT molecular complexity index is 1470. The lowest BCUT2D eigenvalue weighted by Gasteiger charge is -2.11. The first kappa shape index (κ1) is 24.4. The number of nitrogens with zero attached hydrogens (tertiary/aromatic N) is 1. The Morgan fingerprint density at radius 3 is 2.44 bits per heavy atom. The van der Waals surface area contributed by atoms with Crippen LogP contribution in [0.4, 0.5) is 5.69 Å². The second kappa shape index (κ2) is 11.2. The molecule has 0 fully saturated rings. The summed E-state index contributed by atoms with van der Waals surface area (Å²) in [5.74, 6) is -1.71. The van der Waals surface area contributed by atoms with Gasteiger partial charge in [-0.05, 0) is 53.2 Å². The predicted octanol–water partition coefficient (Wildman–Crippen LogP) is 4.81. The van der Waals surface area contributed by atoms with Crippen LogP contribution in [-0.2, 0) is 9.59 Å². The lowest BCUT2D eigenvalue weighted by atomic mass is 10.0. The van der Waals surface area contributed by atoms with Gasteiger partial charge >= 0.3 is 17.8 Å². The summed E-state index contributed by atoms with van der Waals surface area (Å²) in [4.78, 5) is 37.2. The number of esters is 1. The van der Waals surface area contributed by atoms with E-state index in [1.54, 1.807) is 60.7 Å². The van der Waals surface area contributed by atoms with Crippen LogP contribution in [0.5, 0.6) is 11.5 Å². The predicted molar refractivity (Wildman–Crippen MR) is 138 cm³/mol. The Morgan fingerprint density at radius 1 is 0.889 bits per heavy atom. The smallest absolute Gasteiger partial charge is 0.343 e. The highest BCUT2D eigenvalue weighted by Crippen LogP contribution is 2.27. The Labute approximate surface area is 211 Å². The first-order chi connectivity index (χ1) is 17.4. The SMILES string of the molecule is COc1cccc(NC(=O)C(=O)NN=Cc2c(OC(=O)c3ccc(Cl)cc3)ccc3ccccc23)c1. The van der Waals surface area contributed by atoms with Crippen LogP contribution in [0.15, 0.2) is 90.0 Å². The average Bonchev–Trinajstić information content (AvgIpc) is 2.90. The fourth-order valence-corrected chi connectivity index (χ4v) is 3.46. The second-order valence-corrected chi connectivity index (χ2v) is 7.92. The van der Waals surface area contributed by atoms with Crippen molar-refractivity contribution in [3.05, 3.63) is 101 Å². The zero-order chi connectivity index (χ0) is 25.5. The molecule has 4 rings (SSSR count). The van der Waals surface area contributed by atoms with E-state index in [2.05, 4.69) is 15.8 Å². The number of fused-ring (bicyclic) bond motifs is 1. The molecule has 0 aromatic heterocycles. The fourth-order valence-electron chi connectivity index (χ4n) is 3.34. The van der Waals surface area contributed by atoms with Crippen molar-refractivity contribution < 1.29 is 23.9 Å². The number of benzene rings is 4. The highest BCUT2D eigenvalue weighted by atomic mass is 35.5. The highest BCUT2D eigenvalue weighted by Gasteiger charge is 2.15. The number of halogens is 1. The fraction of sp³-hybridized carbons (Fsp3) is 0.0370. The molecule has 2 amide bonds. The molecule has 0 aliphatic rings. The molecule has 2 N–H and O–H groups in total. The molecule has 9 heteroatoms. The van der Waals surface area contributed by atoms with Crippen molar-refractivity contribution in [1.29, 1.82) is 0 Å². The van der Waals surface area contributed by atoms with E-state index in [4.69, 9.17) is 21.1 Å². The van der Waals surface area contributed by atoms with Crippen LogP contribution in [0.2, 0.25) is 5.02 Å². The van der Waals surface area contributed by atoms with Crippen LogP contribution in [0.25, 0.3) is 10.8 Å². The molecule has 36 heavy (non-hydrogen) atoms. The molecule has 180 valence electrons. The number of hydrazone groups is 1. The van der Waals surface area contributed by atoms with Gasteiger partial charge in [-0.1, -0.05) is 48.0 Å². The summed E-state index contributed by atoms with van der Waals surface area (Å²) >= 11 is 5.89. The molecule has 0 aliphatic carbocycles. The maximum Gasteiger partial charge on any atom is 0.343 e. The van der Waals surface area contributed by atoms with Crippen molar-refractivity contribution in [1.82, 2.24) is 5.43 Å². The van der Waals surface area contributed by atoms with Crippen LogP contribution in [0.3, 0.4) is 0 Å². The Morgan fingerprint density at radius 2 is 1.67 bits per heavy atom. The lowest BCUT2D eigenvalue weighted by molar-refractivity contribution is -0.136. The number of nitrogens with one attached hydrogen (secondary N) is 2. The minimum Gasteiger partial charge on any atom is -0.497 e. The van der Waals surface area contributed by atoms with E-state index in [1.807, 2.05) is 24.3 Å². The lowest BCUT2D eigenvalue weighted by Crippen LogP contribution is -2.32. The first-order valence-electron chi connectivity index (χ1n) is 10.7. The molecule has 0 unspecified atom stereocenters. The minimum atomic E-state index is -0.978. The Balaban J connectivity index is 1.52. The maximum atomic E-state index is 12.7. The zero-order valence-corrected chi connectivity index (χ0v) is 19.8. The third kappa shape index (κ3) is 5.86. The molecule has 8 nitrogen and oxygen atoms in total. The summed E-state index contributed by atoms with van der Waals surface area (Å²) in [5, 5.41) is 8.49. The standard InChI is InChI=1S/C27H20ClN3O5/c1-35-21-7-4-6-20(15-21)30-25(32)26(33)31-29-16-23-22-8-3-2-5-17(22)11-14-24(23)36-27(34)18-9-12-19(28)13-10-18/h2-16H,1H3,(H,30,32)(H,31,33). The summed E-state index contributed by atoms with van der Waals surface area (Å²) in [5.41, 5.74) is 3.35. The van der Waals surface area contributed by atoms with Gasteiger partial charge in [-0.25, -0.2) is 10.2 Å². The molecule has 0 spiro atoms. The average molecular weight is 502 g/mol.